The lowest BCUT2D eigenvalue weighted by Crippen LogP contribution is -2.16. The van der Waals surface area contributed by atoms with Crippen molar-refractivity contribution in [3.63, 3.8) is 0 Å². The molecule has 3 heteroatoms. The molecule has 0 saturated heterocycles. The lowest BCUT2D eigenvalue weighted by atomic mass is 9.81. The number of para-hydroxylation sites is 5. The summed E-state index contributed by atoms with van der Waals surface area (Å²) in [6.07, 6.45) is 0. The highest BCUT2D eigenvalue weighted by Gasteiger charge is 2.36. The van der Waals surface area contributed by atoms with Crippen LogP contribution in [0, 0.1) is 0 Å². The quantitative estimate of drug-likeness (QED) is 0.156. The molecule has 0 radical (unpaired) electrons. The Labute approximate surface area is 384 Å². The van der Waals surface area contributed by atoms with E-state index in [2.05, 4.69) is 264 Å². The topological polar surface area (TPSA) is 13.1 Å². The lowest BCUT2D eigenvalue weighted by Gasteiger charge is -2.28. The van der Waals surface area contributed by atoms with Crippen LogP contribution in [0.4, 0.5) is 17.1 Å². The zero-order valence-corrected chi connectivity index (χ0v) is 36.9. The molecule has 3 nitrogen and oxygen atoms in total. The average Bonchev–Trinajstić information content (AvgIpc) is 3.97. The molecule has 1 aliphatic carbocycles. The number of anilines is 3. The van der Waals surface area contributed by atoms with Gasteiger partial charge in [-0.2, -0.15) is 0 Å². The van der Waals surface area contributed by atoms with E-state index in [1.165, 1.54) is 99.5 Å². The molecule has 13 rings (SSSR count). The van der Waals surface area contributed by atoms with Gasteiger partial charge in [0.1, 0.15) is 0 Å². The number of fused-ring (bicyclic) bond motifs is 9. The van der Waals surface area contributed by atoms with Crippen molar-refractivity contribution in [2.75, 3.05) is 4.90 Å². The summed E-state index contributed by atoms with van der Waals surface area (Å²) in [5.41, 5.74) is 20.5. The van der Waals surface area contributed by atoms with Gasteiger partial charge in [-0.1, -0.05) is 153 Å². The van der Waals surface area contributed by atoms with Gasteiger partial charge in [0.25, 0.3) is 0 Å². The summed E-state index contributed by atoms with van der Waals surface area (Å²) in [6.45, 7) is 4.77. The Kier molecular flexibility index (Phi) is 8.56. The highest BCUT2D eigenvalue weighted by atomic mass is 15.1. The van der Waals surface area contributed by atoms with Crippen molar-refractivity contribution in [3.8, 4) is 44.8 Å². The molecular weight excluding hydrogens is 799 g/mol. The van der Waals surface area contributed by atoms with Crippen LogP contribution in [0.25, 0.3) is 88.4 Å². The minimum atomic E-state index is -0.214. The third-order valence-electron chi connectivity index (χ3n) is 14.1. The van der Waals surface area contributed by atoms with E-state index in [1.807, 2.05) is 0 Å². The van der Waals surface area contributed by atoms with E-state index < -0.39 is 0 Å². The standard InChI is InChI=1S/C63H45N3/c1-63(2)57-39-44(45-29-35-55-53-22-12-14-24-59(53)66(62(55)40-45)48-20-10-5-11-21-48)28-34-51(57)52-36-33-50(41-58(52)63)64(46-16-6-3-7-17-46)49-31-26-42(27-32-49)43-30-37-61-56(38-43)54-23-13-15-25-60(54)65(61)47-18-8-4-9-19-47/h3-41H,1-2H3. The molecule has 0 atom stereocenters. The van der Waals surface area contributed by atoms with Crippen LogP contribution in [-0.2, 0) is 5.41 Å². The molecule has 0 bridgehead atoms. The average molecular weight is 844 g/mol. The first-order valence-electron chi connectivity index (χ1n) is 22.9. The van der Waals surface area contributed by atoms with Crippen molar-refractivity contribution in [1.29, 1.82) is 0 Å². The SMILES string of the molecule is CC1(C)c2cc(-c3ccc4c5ccccc5n(-c5ccccc5)c4c3)ccc2-c2ccc(N(c3ccccc3)c3ccc(-c4ccc5c(c4)c4ccccc4n5-c4ccccc4)cc3)cc21. The number of nitrogens with zero attached hydrogens (tertiary/aromatic N) is 3. The molecule has 66 heavy (non-hydrogen) atoms. The molecule has 0 N–H and O–H groups in total. The van der Waals surface area contributed by atoms with Gasteiger partial charge in [-0.15, -0.1) is 0 Å². The van der Waals surface area contributed by atoms with E-state index >= 15 is 0 Å². The highest BCUT2D eigenvalue weighted by molar-refractivity contribution is 6.11. The zero-order valence-electron chi connectivity index (χ0n) is 36.9. The Hall–Kier alpha value is -8.40. The number of benzene rings is 10. The normalized spacial score (nSPS) is 12.8. The van der Waals surface area contributed by atoms with E-state index in [9.17, 15) is 0 Å². The molecule has 2 aromatic heterocycles. The van der Waals surface area contributed by atoms with Crippen molar-refractivity contribution in [2.45, 2.75) is 19.3 Å². The Bertz CT molecular complexity index is 3820. The second-order valence-electron chi connectivity index (χ2n) is 18.2. The second-order valence-corrected chi connectivity index (χ2v) is 18.2. The van der Waals surface area contributed by atoms with Crippen molar-refractivity contribution < 1.29 is 0 Å². The lowest BCUT2D eigenvalue weighted by molar-refractivity contribution is 0.660. The van der Waals surface area contributed by atoms with Crippen LogP contribution in [0.1, 0.15) is 25.0 Å². The number of aromatic nitrogens is 2. The Morgan fingerprint density at radius 3 is 1.42 bits per heavy atom. The van der Waals surface area contributed by atoms with Crippen LogP contribution >= 0.6 is 0 Å². The summed E-state index contributed by atoms with van der Waals surface area (Å²) in [5, 5.41) is 5.05. The highest BCUT2D eigenvalue weighted by Crippen LogP contribution is 2.52. The van der Waals surface area contributed by atoms with Gasteiger partial charge < -0.3 is 14.0 Å². The predicted molar refractivity (Wildman–Crippen MR) is 278 cm³/mol. The smallest absolute Gasteiger partial charge is 0.0547 e. The molecule has 0 saturated carbocycles. The maximum atomic E-state index is 2.44. The van der Waals surface area contributed by atoms with Crippen molar-refractivity contribution >= 4 is 60.7 Å². The van der Waals surface area contributed by atoms with Gasteiger partial charge in [-0.05, 0) is 142 Å². The molecule has 1 aliphatic rings. The third kappa shape index (κ3) is 5.90. The van der Waals surface area contributed by atoms with Crippen LogP contribution in [0.15, 0.2) is 237 Å². The van der Waals surface area contributed by atoms with Crippen molar-refractivity contribution in [1.82, 2.24) is 9.13 Å². The van der Waals surface area contributed by atoms with E-state index in [1.54, 1.807) is 0 Å². The van der Waals surface area contributed by atoms with Crippen molar-refractivity contribution in [2.24, 2.45) is 0 Å². The second kappa shape index (κ2) is 14.8. The maximum absolute atomic E-state index is 2.44. The van der Waals surface area contributed by atoms with Gasteiger partial charge in [-0.25, -0.2) is 0 Å². The van der Waals surface area contributed by atoms with Crippen LogP contribution < -0.4 is 4.90 Å². The fourth-order valence-corrected chi connectivity index (χ4v) is 10.9. The number of rotatable bonds is 7. The summed E-state index contributed by atoms with van der Waals surface area (Å²) in [7, 11) is 0. The molecule has 2 heterocycles. The third-order valence-corrected chi connectivity index (χ3v) is 14.1. The minimum absolute atomic E-state index is 0.214. The van der Waals surface area contributed by atoms with Crippen LogP contribution in [0.3, 0.4) is 0 Å². The molecule has 312 valence electrons. The van der Waals surface area contributed by atoms with E-state index in [4.69, 9.17) is 0 Å². The van der Waals surface area contributed by atoms with Gasteiger partial charge in [0, 0.05) is 55.4 Å². The summed E-state index contributed by atoms with van der Waals surface area (Å²) in [6, 6.07) is 86.7. The summed E-state index contributed by atoms with van der Waals surface area (Å²) < 4.78 is 4.78. The van der Waals surface area contributed by atoms with Gasteiger partial charge in [0.05, 0.1) is 22.1 Å². The fraction of sp³-hybridized carbons (Fsp3) is 0.0476. The predicted octanol–water partition coefficient (Wildman–Crippen LogP) is 17.0. The first kappa shape index (κ1) is 38.1. The first-order valence-corrected chi connectivity index (χ1v) is 22.9. The van der Waals surface area contributed by atoms with Gasteiger partial charge >= 0.3 is 0 Å². The first-order chi connectivity index (χ1) is 32.5. The Balaban J connectivity index is 0.860. The van der Waals surface area contributed by atoms with E-state index in [0.717, 1.165) is 17.1 Å². The fourth-order valence-electron chi connectivity index (χ4n) is 10.9. The van der Waals surface area contributed by atoms with E-state index in [0.29, 0.717) is 0 Å². The molecule has 0 aliphatic heterocycles. The summed E-state index contributed by atoms with van der Waals surface area (Å²) in [4.78, 5) is 2.40. The molecule has 0 fully saturated rings. The Morgan fingerprint density at radius 2 is 0.742 bits per heavy atom. The van der Waals surface area contributed by atoms with Crippen LogP contribution in [0.2, 0.25) is 0 Å². The molecule has 0 amide bonds. The minimum Gasteiger partial charge on any atom is -0.310 e. The van der Waals surface area contributed by atoms with Crippen LogP contribution in [0.5, 0.6) is 0 Å². The summed E-state index contributed by atoms with van der Waals surface area (Å²) >= 11 is 0. The van der Waals surface area contributed by atoms with Gasteiger partial charge in [0.2, 0.25) is 0 Å². The van der Waals surface area contributed by atoms with E-state index in [-0.39, 0.29) is 5.41 Å². The van der Waals surface area contributed by atoms with Crippen LogP contribution in [-0.4, -0.2) is 9.13 Å². The van der Waals surface area contributed by atoms with Gasteiger partial charge in [0.15, 0.2) is 0 Å². The molecule has 12 aromatic rings. The Morgan fingerprint density at radius 1 is 0.303 bits per heavy atom. The number of hydrogen-bond acceptors (Lipinski definition) is 1. The van der Waals surface area contributed by atoms with Gasteiger partial charge in [-0.3, -0.25) is 0 Å². The molecule has 10 aromatic carbocycles. The largest absolute Gasteiger partial charge is 0.310 e. The monoisotopic (exact) mass is 843 g/mol. The molecule has 0 unspecified atom stereocenters. The van der Waals surface area contributed by atoms with Crippen molar-refractivity contribution in [3.05, 3.63) is 248 Å². The molecular formula is C63H45N3. The molecule has 0 spiro atoms. The zero-order chi connectivity index (χ0) is 43.9. The summed E-state index contributed by atoms with van der Waals surface area (Å²) in [5.74, 6) is 0. The number of hydrogen-bond donors (Lipinski definition) is 0. The maximum Gasteiger partial charge on any atom is 0.0547 e.